The second kappa shape index (κ2) is 5.50. The molecule has 1 N–H and O–H groups in total. The quantitative estimate of drug-likeness (QED) is 0.874. The number of methoxy groups -OCH3 is 1. The molecule has 0 spiro atoms. The maximum Gasteiger partial charge on any atom is 0.203 e. The van der Waals surface area contributed by atoms with E-state index in [1.54, 1.807) is 7.11 Å². The lowest BCUT2D eigenvalue weighted by Crippen LogP contribution is -2.24. The number of anilines is 1. The van der Waals surface area contributed by atoms with E-state index in [0.29, 0.717) is 13.0 Å². The van der Waals surface area contributed by atoms with E-state index in [0.717, 1.165) is 11.6 Å². The number of aryl methyl sites for hydroxylation is 1. The fraction of sp³-hybridized carbons (Fsp3) is 0.750. The monoisotopic (exact) mass is 287 g/mol. The Morgan fingerprint density at radius 2 is 2.37 bits per heavy atom. The van der Waals surface area contributed by atoms with Crippen molar-refractivity contribution >= 4 is 15.8 Å². The Hall–Kier alpha value is -1.08. The summed E-state index contributed by atoms with van der Waals surface area (Å²) in [6.45, 7) is 4.56. The molecule has 1 aromatic heterocycles. The topological polar surface area (TPSA) is 73.2 Å². The number of hydrogen-bond donors (Lipinski definition) is 1. The van der Waals surface area contributed by atoms with E-state index in [-0.39, 0.29) is 23.6 Å². The van der Waals surface area contributed by atoms with Crippen LogP contribution in [0.4, 0.5) is 5.95 Å². The van der Waals surface area contributed by atoms with E-state index in [9.17, 15) is 8.42 Å². The molecule has 1 aromatic rings. The molecule has 0 aromatic carbocycles. The third kappa shape index (κ3) is 3.48. The zero-order valence-corrected chi connectivity index (χ0v) is 12.4. The van der Waals surface area contributed by atoms with Crippen molar-refractivity contribution in [1.82, 2.24) is 9.55 Å². The molecule has 1 aliphatic heterocycles. The number of sulfone groups is 1. The Labute approximate surface area is 114 Å². The van der Waals surface area contributed by atoms with Crippen molar-refractivity contribution in [3.8, 4) is 0 Å². The summed E-state index contributed by atoms with van der Waals surface area (Å²) in [4.78, 5) is 4.43. The first-order valence-electron chi connectivity index (χ1n) is 6.42. The summed E-state index contributed by atoms with van der Waals surface area (Å²) in [6.07, 6.45) is 2.60. The van der Waals surface area contributed by atoms with Crippen molar-refractivity contribution in [2.24, 2.45) is 0 Å². The van der Waals surface area contributed by atoms with Crippen LogP contribution in [-0.2, 0) is 14.6 Å². The van der Waals surface area contributed by atoms with Gasteiger partial charge in [-0.2, -0.15) is 0 Å². The summed E-state index contributed by atoms with van der Waals surface area (Å²) < 4.78 is 30.1. The molecule has 19 heavy (non-hydrogen) atoms. The summed E-state index contributed by atoms with van der Waals surface area (Å²) in [5.41, 5.74) is 0.909. The predicted molar refractivity (Wildman–Crippen MR) is 74.2 cm³/mol. The molecule has 108 valence electrons. The summed E-state index contributed by atoms with van der Waals surface area (Å²) in [6, 6.07) is 0.118. The van der Waals surface area contributed by atoms with Crippen molar-refractivity contribution in [2.45, 2.75) is 32.4 Å². The molecule has 0 bridgehead atoms. The van der Waals surface area contributed by atoms with Crippen molar-refractivity contribution in [3.05, 3.63) is 11.9 Å². The number of ether oxygens (including phenoxy) is 1. The molecule has 2 rings (SSSR count). The molecular formula is C12H21N3O3S. The number of rotatable bonds is 5. The molecule has 1 saturated heterocycles. The molecule has 6 nitrogen and oxygen atoms in total. The highest BCUT2D eigenvalue weighted by Crippen LogP contribution is 2.20. The SMILES string of the molecule is COCC(C)n1cc(C)nc1NC1CCS(=O)(=O)C1. The van der Waals surface area contributed by atoms with Crippen LogP contribution in [-0.4, -0.2) is 49.2 Å². The molecule has 0 aliphatic carbocycles. The van der Waals surface area contributed by atoms with Crippen LogP contribution in [0.1, 0.15) is 25.1 Å². The largest absolute Gasteiger partial charge is 0.383 e. The Kier molecular flexibility index (Phi) is 4.15. The van der Waals surface area contributed by atoms with Crippen molar-refractivity contribution in [3.63, 3.8) is 0 Å². The summed E-state index contributed by atoms with van der Waals surface area (Å²) in [5, 5.41) is 3.24. The second-order valence-corrected chi connectivity index (χ2v) is 7.39. The lowest BCUT2D eigenvalue weighted by molar-refractivity contribution is 0.163. The molecule has 2 heterocycles. The van der Waals surface area contributed by atoms with Crippen LogP contribution in [0.5, 0.6) is 0 Å². The maximum atomic E-state index is 11.5. The third-order valence-electron chi connectivity index (χ3n) is 3.30. The smallest absolute Gasteiger partial charge is 0.203 e. The average molecular weight is 287 g/mol. The van der Waals surface area contributed by atoms with Crippen LogP contribution in [0, 0.1) is 6.92 Å². The predicted octanol–water partition coefficient (Wildman–Crippen LogP) is 0.998. The van der Waals surface area contributed by atoms with Gasteiger partial charge in [0.1, 0.15) is 0 Å². The first kappa shape index (κ1) is 14.3. The Bertz CT molecular complexity index is 538. The van der Waals surface area contributed by atoms with Gasteiger partial charge in [0.15, 0.2) is 9.84 Å². The van der Waals surface area contributed by atoms with Crippen LogP contribution >= 0.6 is 0 Å². The van der Waals surface area contributed by atoms with E-state index >= 15 is 0 Å². The van der Waals surface area contributed by atoms with Gasteiger partial charge in [0.25, 0.3) is 0 Å². The zero-order chi connectivity index (χ0) is 14.0. The van der Waals surface area contributed by atoms with Gasteiger partial charge in [0.2, 0.25) is 5.95 Å². The molecular weight excluding hydrogens is 266 g/mol. The van der Waals surface area contributed by atoms with Gasteiger partial charge in [0.05, 0.1) is 29.8 Å². The molecule has 0 amide bonds. The number of nitrogens with zero attached hydrogens (tertiary/aromatic N) is 2. The van der Waals surface area contributed by atoms with Crippen LogP contribution in [0.3, 0.4) is 0 Å². The Balaban J connectivity index is 2.12. The highest BCUT2D eigenvalue weighted by Gasteiger charge is 2.29. The van der Waals surface area contributed by atoms with E-state index < -0.39 is 9.84 Å². The van der Waals surface area contributed by atoms with Crippen LogP contribution in [0.15, 0.2) is 6.20 Å². The molecule has 7 heteroatoms. The molecule has 2 atom stereocenters. The van der Waals surface area contributed by atoms with E-state index in [4.69, 9.17) is 4.74 Å². The van der Waals surface area contributed by atoms with Crippen molar-refractivity contribution in [1.29, 1.82) is 0 Å². The molecule has 2 unspecified atom stereocenters. The molecule has 1 fully saturated rings. The van der Waals surface area contributed by atoms with E-state index in [1.807, 2.05) is 24.6 Å². The third-order valence-corrected chi connectivity index (χ3v) is 5.07. The van der Waals surface area contributed by atoms with Gasteiger partial charge < -0.3 is 14.6 Å². The van der Waals surface area contributed by atoms with E-state index in [1.165, 1.54) is 0 Å². The van der Waals surface area contributed by atoms with Gasteiger partial charge in [-0.05, 0) is 20.3 Å². The average Bonchev–Trinajstić information content (AvgIpc) is 2.83. The van der Waals surface area contributed by atoms with Gasteiger partial charge in [-0.15, -0.1) is 0 Å². The van der Waals surface area contributed by atoms with Gasteiger partial charge in [-0.1, -0.05) is 0 Å². The van der Waals surface area contributed by atoms with Gasteiger partial charge in [-0.3, -0.25) is 0 Å². The van der Waals surface area contributed by atoms with Gasteiger partial charge >= 0.3 is 0 Å². The minimum Gasteiger partial charge on any atom is -0.383 e. The van der Waals surface area contributed by atoms with Crippen molar-refractivity contribution < 1.29 is 13.2 Å². The van der Waals surface area contributed by atoms with Crippen LogP contribution < -0.4 is 5.32 Å². The standard InChI is InChI=1S/C12H21N3O3S/c1-9-6-15(10(2)7-18-3)12(13-9)14-11-4-5-19(16,17)8-11/h6,10-11H,4-5,7-8H2,1-3H3,(H,13,14). The fourth-order valence-corrected chi connectivity index (χ4v) is 4.05. The van der Waals surface area contributed by atoms with Gasteiger partial charge in [0, 0.05) is 19.3 Å². The summed E-state index contributed by atoms with van der Waals surface area (Å²) >= 11 is 0. The lowest BCUT2D eigenvalue weighted by atomic mass is 10.3. The number of aromatic nitrogens is 2. The maximum absolute atomic E-state index is 11.5. The summed E-state index contributed by atoms with van der Waals surface area (Å²) in [7, 11) is -1.21. The molecule has 1 aliphatic rings. The fourth-order valence-electron chi connectivity index (χ4n) is 2.37. The minimum absolute atomic E-state index is 0.0414. The zero-order valence-electron chi connectivity index (χ0n) is 11.6. The number of hydrogen-bond acceptors (Lipinski definition) is 5. The summed E-state index contributed by atoms with van der Waals surface area (Å²) in [5.74, 6) is 1.18. The first-order valence-corrected chi connectivity index (χ1v) is 8.25. The highest BCUT2D eigenvalue weighted by atomic mass is 32.2. The Morgan fingerprint density at radius 3 is 2.95 bits per heavy atom. The van der Waals surface area contributed by atoms with Crippen LogP contribution in [0.25, 0.3) is 0 Å². The van der Waals surface area contributed by atoms with Crippen molar-refractivity contribution in [2.75, 3.05) is 30.5 Å². The van der Waals surface area contributed by atoms with Crippen LogP contribution in [0.2, 0.25) is 0 Å². The van der Waals surface area contributed by atoms with Gasteiger partial charge in [-0.25, -0.2) is 13.4 Å². The minimum atomic E-state index is -2.88. The van der Waals surface area contributed by atoms with E-state index in [2.05, 4.69) is 10.3 Å². The second-order valence-electron chi connectivity index (χ2n) is 5.16. The molecule has 0 radical (unpaired) electrons. The Morgan fingerprint density at radius 1 is 1.63 bits per heavy atom. The molecule has 0 saturated carbocycles. The lowest BCUT2D eigenvalue weighted by Gasteiger charge is -2.18. The first-order chi connectivity index (χ1) is 8.91. The number of imidazole rings is 1. The highest BCUT2D eigenvalue weighted by molar-refractivity contribution is 7.91. The number of nitrogens with one attached hydrogen (secondary N) is 1. The normalized spacial score (nSPS) is 23.4.